The highest BCUT2D eigenvalue weighted by Gasteiger charge is 2.48. The maximum absolute atomic E-state index is 14.5. The van der Waals surface area contributed by atoms with Gasteiger partial charge in [0, 0.05) is 47.3 Å². The largest absolute Gasteiger partial charge is 0.351 e. The summed E-state index contributed by atoms with van der Waals surface area (Å²) >= 11 is 6.50. The Hall–Kier alpha value is -3.92. The maximum atomic E-state index is 14.5. The predicted octanol–water partition coefficient (Wildman–Crippen LogP) is 5.37. The van der Waals surface area contributed by atoms with Crippen LogP contribution in [-0.4, -0.2) is 40.7 Å². The molecular weight excluding hydrogens is 545 g/mol. The molecule has 3 amide bonds. The van der Waals surface area contributed by atoms with E-state index in [2.05, 4.69) is 10.3 Å². The summed E-state index contributed by atoms with van der Waals surface area (Å²) in [5, 5.41) is 2.76. The van der Waals surface area contributed by atoms with Gasteiger partial charge in [0.2, 0.25) is 11.8 Å². The first-order valence-electron chi connectivity index (χ1n) is 12.8. The van der Waals surface area contributed by atoms with Crippen molar-refractivity contribution in [2.45, 2.75) is 56.7 Å². The van der Waals surface area contributed by atoms with Gasteiger partial charge >= 0.3 is 0 Å². The number of hydrogen-bond donors (Lipinski definition) is 1. The lowest BCUT2D eigenvalue weighted by Gasteiger charge is -2.39. The van der Waals surface area contributed by atoms with Crippen molar-refractivity contribution >= 4 is 40.8 Å². The molecule has 2 aliphatic rings. The first-order chi connectivity index (χ1) is 19.0. The van der Waals surface area contributed by atoms with Crippen LogP contribution >= 0.6 is 11.6 Å². The smallest absolute Gasteiger partial charge is 0.252 e. The number of rotatable bonds is 7. The van der Waals surface area contributed by atoms with Crippen LogP contribution in [0.2, 0.25) is 5.02 Å². The van der Waals surface area contributed by atoms with Crippen LogP contribution in [0, 0.1) is 12.7 Å². The van der Waals surface area contributed by atoms with E-state index in [1.165, 1.54) is 29.2 Å². The standard InChI is InChI=1S/C29H26ClF3N4O3/c1-17-6-4-11-24(34-17)37-23(12-13-25(37)38)28(40)36(20-8-5-7-18(31)14-20)26(21-9-2-3-10-22(21)30)27(39)35-19-15-29(32,33)16-19/h2-11,14,19,23,26H,12-13,15-16H2,1H3,(H,35,39)/t23-,26-/m0/s1. The number of halogens is 4. The third-order valence-corrected chi connectivity index (χ3v) is 7.43. The third kappa shape index (κ3) is 5.54. The molecule has 2 atom stereocenters. The summed E-state index contributed by atoms with van der Waals surface area (Å²) in [4.78, 5) is 48.0. The minimum atomic E-state index is -2.89. The van der Waals surface area contributed by atoms with Gasteiger partial charge in [-0.15, -0.1) is 0 Å². The summed E-state index contributed by atoms with van der Waals surface area (Å²) in [7, 11) is 0. The number of aryl methyl sites for hydroxylation is 1. The first-order valence-corrected chi connectivity index (χ1v) is 13.2. The molecule has 0 unspecified atom stereocenters. The van der Waals surface area contributed by atoms with E-state index in [9.17, 15) is 27.6 Å². The Bertz CT molecular complexity index is 1460. The third-order valence-electron chi connectivity index (χ3n) is 7.08. The number of carbonyl (C=O) groups excluding carboxylic acids is 3. The van der Waals surface area contributed by atoms with Gasteiger partial charge in [-0.1, -0.05) is 41.9 Å². The van der Waals surface area contributed by atoms with E-state index in [1.54, 1.807) is 43.3 Å². The van der Waals surface area contributed by atoms with Crippen molar-refractivity contribution in [3.63, 3.8) is 0 Å². The average molecular weight is 571 g/mol. The van der Waals surface area contributed by atoms with Gasteiger partial charge in [0.1, 0.15) is 23.7 Å². The van der Waals surface area contributed by atoms with E-state index in [1.807, 2.05) is 0 Å². The van der Waals surface area contributed by atoms with Gasteiger partial charge < -0.3 is 5.32 Å². The van der Waals surface area contributed by atoms with Crippen LogP contribution in [0.1, 0.15) is 43.0 Å². The minimum Gasteiger partial charge on any atom is -0.351 e. The van der Waals surface area contributed by atoms with Gasteiger partial charge in [-0.25, -0.2) is 18.2 Å². The quantitative estimate of drug-likeness (QED) is 0.414. The fourth-order valence-electron chi connectivity index (χ4n) is 5.20. The molecule has 2 fully saturated rings. The van der Waals surface area contributed by atoms with Crippen molar-refractivity contribution in [2.75, 3.05) is 9.80 Å². The lowest BCUT2D eigenvalue weighted by Crippen LogP contribution is -2.56. The van der Waals surface area contributed by atoms with E-state index in [0.29, 0.717) is 5.69 Å². The minimum absolute atomic E-state index is 0.0421. The fourth-order valence-corrected chi connectivity index (χ4v) is 5.43. The van der Waals surface area contributed by atoms with Crippen molar-refractivity contribution < 1.29 is 27.6 Å². The lowest BCUT2D eigenvalue weighted by atomic mass is 9.87. The van der Waals surface area contributed by atoms with E-state index < -0.39 is 54.5 Å². The first kappa shape index (κ1) is 27.6. The van der Waals surface area contributed by atoms with Gasteiger partial charge in [0.25, 0.3) is 11.8 Å². The van der Waals surface area contributed by atoms with Gasteiger partial charge in [-0.05, 0) is 49.7 Å². The number of anilines is 2. The monoisotopic (exact) mass is 570 g/mol. The average Bonchev–Trinajstić information content (AvgIpc) is 3.27. The highest BCUT2D eigenvalue weighted by molar-refractivity contribution is 6.31. The topological polar surface area (TPSA) is 82.6 Å². The van der Waals surface area contributed by atoms with Gasteiger partial charge in [0.15, 0.2) is 0 Å². The number of nitrogens with zero attached hydrogens (tertiary/aromatic N) is 3. The van der Waals surface area contributed by atoms with Gasteiger partial charge in [-0.3, -0.25) is 24.2 Å². The molecule has 2 aromatic carbocycles. The van der Waals surface area contributed by atoms with Crippen LogP contribution in [0.4, 0.5) is 24.7 Å². The molecule has 0 bridgehead atoms. The molecule has 2 heterocycles. The Balaban J connectivity index is 1.60. The summed E-state index contributed by atoms with van der Waals surface area (Å²) in [6.45, 7) is 1.75. The predicted molar refractivity (Wildman–Crippen MR) is 144 cm³/mol. The van der Waals surface area contributed by atoms with Crippen molar-refractivity contribution in [3.8, 4) is 0 Å². The molecule has 1 N–H and O–H groups in total. The Labute approximate surface area is 233 Å². The van der Waals surface area contributed by atoms with Crippen LogP contribution < -0.4 is 15.1 Å². The maximum Gasteiger partial charge on any atom is 0.252 e. The summed E-state index contributed by atoms with van der Waals surface area (Å²) < 4.78 is 41.6. The molecular formula is C29H26ClF3N4O3. The van der Waals surface area contributed by atoms with Crippen LogP contribution in [0.5, 0.6) is 0 Å². The Kier molecular flexibility index (Phi) is 7.55. The molecule has 0 radical (unpaired) electrons. The van der Waals surface area contributed by atoms with Crippen LogP contribution in [0.15, 0.2) is 66.7 Å². The zero-order valence-electron chi connectivity index (χ0n) is 21.5. The zero-order chi connectivity index (χ0) is 28.6. The Morgan fingerprint density at radius 1 is 1.10 bits per heavy atom. The van der Waals surface area contributed by atoms with Crippen molar-refractivity contribution in [1.29, 1.82) is 0 Å². The van der Waals surface area contributed by atoms with Crippen LogP contribution in [0.25, 0.3) is 0 Å². The molecule has 3 aromatic rings. The number of nitrogens with one attached hydrogen (secondary N) is 1. The molecule has 1 saturated heterocycles. The number of benzene rings is 2. The molecule has 1 aliphatic heterocycles. The number of amides is 3. The number of alkyl halides is 2. The highest BCUT2D eigenvalue weighted by Crippen LogP contribution is 2.39. The summed E-state index contributed by atoms with van der Waals surface area (Å²) in [6.07, 6.45) is -0.883. The van der Waals surface area contributed by atoms with E-state index >= 15 is 0 Å². The molecule has 1 aliphatic carbocycles. The summed E-state index contributed by atoms with van der Waals surface area (Å²) in [6, 6.07) is 13.2. The van der Waals surface area contributed by atoms with Crippen molar-refractivity contribution in [3.05, 3.63) is 88.8 Å². The zero-order valence-corrected chi connectivity index (χ0v) is 22.2. The van der Waals surface area contributed by atoms with Crippen LogP contribution in [-0.2, 0) is 14.4 Å². The van der Waals surface area contributed by atoms with Gasteiger partial charge in [0.05, 0.1) is 0 Å². The second-order valence-electron chi connectivity index (χ2n) is 10.0. The normalized spacial score (nSPS) is 19.2. The van der Waals surface area contributed by atoms with Crippen molar-refractivity contribution in [1.82, 2.24) is 10.3 Å². The molecule has 1 saturated carbocycles. The SMILES string of the molecule is Cc1cccc(N2C(=O)CC[C@H]2C(=O)N(c2cccc(F)c2)[C@H](C(=O)NC2CC(F)(F)C2)c2ccccc2Cl)n1. The summed E-state index contributed by atoms with van der Waals surface area (Å²) in [5.74, 6) is -5.02. The fraction of sp³-hybridized carbons (Fsp3) is 0.310. The van der Waals surface area contributed by atoms with E-state index in [-0.39, 0.29) is 40.8 Å². The number of carbonyl (C=O) groups is 3. The number of pyridine rings is 1. The molecule has 7 nitrogen and oxygen atoms in total. The number of aromatic nitrogens is 1. The van der Waals surface area contributed by atoms with E-state index in [0.717, 1.165) is 11.0 Å². The molecule has 208 valence electrons. The van der Waals surface area contributed by atoms with Crippen LogP contribution in [0.3, 0.4) is 0 Å². The second-order valence-corrected chi connectivity index (χ2v) is 10.4. The van der Waals surface area contributed by atoms with Crippen molar-refractivity contribution in [2.24, 2.45) is 0 Å². The molecule has 5 rings (SSSR count). The lowest BCUT2D eigenvalue weighted by molar-refractivity contribution is -0.133. The van der Waals surface area contributed by atoms with E-state index in [4.69, 9.17) is 11.6 Å². The number of hydrogen-bond acceptors (Lipinski definition) is 4. The summed E-state index contributed by atoms with van der Waals surface area (Å²) in [5.41, 5.74) is 0.895. The molecule has 40 heavy (non-hydrogen) atoms. The molecule has 1 aromatic heterocycles. The van der Waals surface area contributed by atoms with Gasteiger partial charge in [-0.2, -0.15) is 0 Å². The highest BCUT2D eigenvalue weighted by atomic mass is 35.5. The second kappa shape index (κ2) is 10.9. The Morgan fingerprint density at radius 2 is 1.82 bits per heavy atom. The Morgan fingerprint density at radius 3 is 2.50 bits per heavy atom. The molecule has 0 spiro atoms. The molecule has 11 heteroatoms.